The first-order valence-electron chi connectivity index (χ1n) is 8.93. The van der Waals surface area contributed by atoms with Crippen molar-refractivity contribution in [3.63, 3.8) is 0 Å². The molecule has 0 atom stereocenters. The van der Waals surface area contributed by atoms with Gasteiger partial charge in [0.05, 0.1) is 23.4 Å². The third kappa shape index (κ3) is 2.99. The highest BCUT2D eigenvalue weighted by Gasteiger charge is 2.21. The van der Waals surface area contributed by atoms with Crippen LogP contribution < -0.4 is 10.4 Å². The first kappa shape index (κ1) is 17.7. The number of aldehydes is 1. The number of aromatic nitrogens is 2. The van der Waals surface area contributed by atoms with Crippen molar-refractivity contribution in [3.8, 4) is 22.7 Å². The van der Waals surface area contributed by atoms with Gasteiger partial charge in [-0.3, -0.25) is 4.79 Å². The van der Waals surface area contributed by atoms with Crippen molar-refractivity contribution in [3.05, 3.63) is 76.3 Å². The molecule has 6 heteroatoms. The molecule has 0 spiro atoms. The van der Waals surface area contributed by atoms with Crippen LogP contribution in [-0.4, -0.2) is 22.7 Å². The van der Waals surface area contributed by atoms with Crippen molar-refractivity contribution in [2.24, 2.45) is 0 Å². The van der Waals surface area contributed by atoms with E-state index in [9.17, 15) is 9.59 Å². The second kappa shape index (κ2) is 7.15. The van der Waals surface area contributed by atoms with Crippen molar-refractivity contribution in [2.45, 2.75) is 13.8 Å². The van der Waals surface area contributed by atoms with Gasteiger partial charge < -0.3 is 9.15 Å². The molecule has 0 bridgehead atoms. The summed E-state index contributed by atoms with van der Waals surface area (Å²) < 4.78 is 12.9. The van der Waals surface area contributed by atoms with Gasteiger partial charge in [0.2, 0.25) is 0 Å². The molecule has 0 saturated carbocycles. The molecule has 0 aliphatic heterocycles. The monoisotopic (exact) mass is 374 g/mol. The van der Waals surface area contributed by atoms with Gasteiger partial charge in [-0.05, 0) is 43.7 Å². The smallest absolute Gasteiger partial charge is 0.336 e. The molecule has 0 saturated heterocycles. The fourth-order valence-corrected chi connectivity index (χ4v) is 3.25. The molecule has 0 radical (unpaired) electrons. The summed E-state index contributed by atoms with van der Waals surface area (Å²) in [4.78, 5) is 23.8. The Balaban J connectivity index is 2.05. The Morgan fingerprint density at radius 2 is 1.96 bits per heavy atom. The Kier molecular flexibility index (Phi) is 4.53. The van der Waals surface area contributed by atoms with E-state index < -0.39 is 5.63 Å². The van der Waals surface area contributed by atoms with E-state index in [1.54, 1.807) is 10.9 Å². The van der Waals surface area contributed by atoms with Crippen LogP contribution in [0.3, 0.4) is 0 Å². The van der Waals surface area contributed by atoms with E-state index in [0.29, 0.717) is 34.8 Å². The molecule has 2 aromatic carbocycles. The molecule has 4 aromatic rings. The first-order chi connectivity index (χ1) is 13.6. The molecule has 28 heavy (non-hydrogen) atoms. The third-order valence-corrected chi connectivity index (χ3v) is 4.51. The highest BCUT2D eigenvalue weighted by Crippen LogP contribution is 2.38. The van der Waals surface area contributed by atoms with E-state index in [0.717, 1.165) is 22.9 Å². The fourth-order valence-electron chi connectivity index (χ4n) is 3.25. The summed E-state index contributed by atoms with van der Waals surface area (Å²) in [6.45, 7) is 4.13. The van der Waals surface area contributed by atoms with Crippen LogP contribution in [0.1, 0.15) is 22.8 Å². The van der Waals surface area contributed by atoms with Crippen LogP contribution in [0.2, 0.25) is 0 Å². The Morgan fingerprint density at radius 3 is 2.68 bits per heavy atom. The molecule has 2 aromatic heterocycles. The molecule has 0 unspecified atom stereocenters. The zero-order valence-electron chi connectivity index (χ0n) is 15.5. The van der Waals surface area contributed by atoms with Gasteiger partial charge in [-0.2, -0.15) is 5.10 Å². The molecule has 140 valence electrons. The minimum Gasteiger partial charge on any atom is -0.493 e. The molecule has 0 aliphatic rings. The van der Waals surface area contributed by atoms with Crippen LogP contribution in [0.4, 0.5) is 0 Å². The van der Waals surface area contributed by atoms with Crippen LogP contribution in [0.25, 0.3) is 27.9 Å². The maximum atomic E-state index is 12.0. The molecule has 0 aliphatic carbocycles. The van der Waals surface area contributed by atoms with Crippen molar-refractivity contribution >= 4 is 17.3 Å². The zero-order valence-corrected chi connectivity index (χ0v) is 15.5. The zero-order chi connectivity index (χ0) is 19.7. The maximum absolute atomic E-state index is 12.0. The topological polar surface area (TPSA) is 74.3 Å². The number of hydrogen-bond donors (Lipinski definition) is 0. The van der Waals surface area contributed by atoms with E-state index in [1.807, 2.05) is 56.3 Å². The number of rotatable bonds is 5. The number of para-hydroxylation sites is 1. The average molecular weight is 374 g/mol. The van der Waals surface area contributed by atoms with Gasteiger partial charge >= 0.3 is 5.63 Å². The van der Waals surface area contributed by atoms with E-state index in [-0.39, 0.29) is 0 Å². The number of carbonyl (C=O) groups is 1. The quantitative estimate of drug-likeness (QED) is 0.387. The summed E-state index contributed by atoms with van der Waals surface area (Å²) in [7, 11) is 0. The van der Waals surface area contributed by atoms with Gasteiger partial charge in [0.25, 0.3) is 0 Å². The van der Waals surface area contributed by atoms with Crippen molar-refractivity contribution in [1.82, 2.24) is 9.78 Å². The lowest BCUT2D eigenvalue weighted by Crippen LogP contribution is -2.02. The van der Waals surface area contributed by atoms with Crippen LogP contribution in [-0.2, 0) is 0 Å². The minimum atomic E-state index is -0.463. The molecule has 0 amide bonds. The average Bonchev–Trinajstić information content (AvgIpc) is 3.12. The Hall–Kier alpha value is -3.67. The number of aryl methyl sites for hydroxylation is 1. The van der Waals surface area contributed by atoms with Crippen molar-refractivity contribution in [1.29, 1.82) is 0 Å². The second-order valence-corrected chi connectivity index (χ2v) is 6.33. The molecule has 0 N–H and O–H groups in total. The summed E-state index contributed by atoms with van der Waals surface area (Å²) in [6, 6.07) is 14.6. The minimum absolute atomic E-state index is 0.359. The van der Waals surface area contributed by atoms with Gasteiger partial charge in [0.1, 0.15) is 11.4 Å². The number of nitrogens with zero attached hydrogens (tertiary/aromatic N) is 2. The number of fused-ring (bicyclic) bond motifs is 1. The van der Waals surface area contributed by atoms with Gasteiger partial charge in [-0.25, -0.2) is 9.48 Å². The first-order valence-corrected chi connectivity index (χ1v) is 8.93. The summed E-state index contributed by atoms with van der Waals surface area (Å²) >= 11 is 0. The predicted octanol–water partition coefficient (Wildman–Crippen LogP) is 4.17. The Morgan fingerprint density at radius 1 is 1.18 bits per heavy atom. The normalized spacial score (nSPS) is 10.9. The van der Waals surface area contributed by atoms with Crippen molar-refractivity contribution in [2.75, 3.05) is 6.61 Å². The number of hydrogen-bond acceptors (Lipinski definition) is 5. The molecule has 6 nitrogen and oxygen atoms in total. The lowest BCUT2D eigenvalue weighted by molar-refractivity contribution is 0.112. The van der Waals surface area contributed by atoms with Crippen LogP contribution in [0.15, 0.2) is 63.9 Å². The Bertz CT molecular complexity index is 1220. The lowest BCUT2D eigenvalue weighted by Gasteiger charge is -2.12. The van der Waals surface area contributed by atoms with Crippen molar-refractivity contribution < 1.29 is 13.9 Å². The number of benzene rings is 2. The lowest BCUT2D eigenvalue weighted by atomic mass is 10.0. The predicted molar refractivity (Wildman–Crippen MR) is 106 cm³/mol. The maximum Gasteiger partial charge on any atom is 0.336 e. The molecular formula is C22H18N2O4. The summed E-state index contributed by atoms with van der Waals surface area (Å²) in [6.07, 6.45) is 2.39. The summed E-state index contributed by atoms with van der Waals surface area (Å²) in [5.74, 6) is 0.505. The highest BCUT2D eigenvalue weighted by atomic mass is 16.5. The molecular weight excluding hydrogens is 356 g/mol. The van der Waals surface area contributed by atoms with Gasteiger partial charge in [-0.1, -0.05) is 18.2 Å². The number of carbonyl (C=O) groups excluding carboxylic acids is 1. The van der Waals surface area contributed by atoms with Crippen LogP contribution in [0, 0.1) is 6.92 Å². The SMILES string of the molecule is CCOc1ccc2c(C)cc(=O)oc2c1-c1nn(-c2ccccc2)cc1C=O. The van der Waals surface area contributed by atoms with E-state index in [4.69, 9.17) is 9.15 Å². The van der Waals surface area contributed by atoms with Gasteiger partial charge in [0.15, 0.2) is 11.9 Å². The van der Waals surface area contributed by atoms with E-state index >= 15 is 0 Å². The van der Waals surface area contributed by atoms with Crippen LogP contribution in [0.5, 0.6) is 5.75 Å². The van der Waals surface area contributed by atoms with Crippen LogP contribution >= 0.6 is 0 Å². The molecule has 0 fully saturated rings. The standard InChI is InChI=1S/C22H18N2O4/c1-3-27-18-10-9-17-14(2)11-19(26)28-22(17)20(18)21-15(13-25)12-24(23-21)16-7-5-4-6-8-16/h4-13H,3H2,1-2H3. The van der Waals surface area contributed by atoms with E-state index in [2.05, 4.69) is 5.10 Å². The summed E-state index contributed by atoms with van der Waals surface area (Å²) in [5.41, 5.74) is 2.77. The fraction of sp³-hybridized carbons (Fsp3) is 0.136. The Labute approximate surface area is 161 Å². The van der Waals surface area contributed by atoms with E-state index in [1.165, 1.54) is 6.07 Å². The number of ether oxygens (including phenoxy) is 1. The third-order valence-electron chi connectivity index (χ3n) is 4.51. The summed E-state index contributed by atoms with van der Waals surface area (Å²) in [5, 5.41) is 5.39. The second-order valence-electron chi connectivity index (χ2n) is 6.33. The van der Waals surface area contributed by atoms with Gasteiger partial charge in [-0.15, -0.1) is 0 Å². The van der Waals surface area contributed by atoms with Gasteiger partial charge in [0, 0.05) is 17.6 Å². The molecule has 2 heterocycles. The highest BCUT2D eigenvalue weighted by molar-refractivity contribution is 6.00. The largest absolute Gasteiger partial charge is 0.493 e. The molecule has 4 rings (SSSR count).